The summed E-state index contributed by atoms with van der Waals surface area (Å²) in [7, 11) is -8.77. The molecule has 4 rings (SSSR count). The van der Waals surface area contributed by atoms with E-state index in [1.807, 2.05) is 0 Å². The van der Waals surface area contributed by atoms with Gasteiger partial charge in [0.25, 0.3) is 20.0 Å². The standard InChI is InChI=1S/C16H9Cl2NO4S2/c17-11-7-8-12(18)15(9-11)25(22,23)19-13-5-1-3-10-4-2-6-14(16(10)13)24(19,20)21/h1-9H. The Morgan fingerprint density at radius 3 is 2.32 bits per heavy atom. The minimum atomic E-state index is -4.48. The van der Waals surface area contributed by atoms with Crippen LogP contribution in [0.3, 0.4) is 0 Å². The van der Waals surface area contributed by atoms with E-state index in [1.165, 1.54) is 24.3 Å². The van der Waals surface area contributed by atoms with Gasteiger partial charge in [0.1, 0.15) is 4.90 Å². The molecule has 128 valence electrons. The molecule has 0 saturated carbocycles. The minimum absolute atomic E-state index is 0.0534. The Kier molecular flexibility index (Phi) is 3.56. The zero-order valence-electron chi connectivity index (χ0n) is 12.3. The van der Waals surface area contributed by atoms with Gasteiger partial charge in [0, 0.05) is 10.4 Å². The number of nitrogens with zero attached hydrogens (tertiary/aromatic N) is 1. The number of halogens is 2. The van der Waals surface area contributed by atoms with E-state index in [1.54, 1.807) is 24.3 Å². The van der Waals surface area contributed by atoms with Gasteiger partial charge in [-0.3, -0.25) is 0 Å². The van der Waals surface area contributed by atoms with Crippen molar-refractivity contribution in [3.63, 3.8) is 0 Å². The summed E-state index contributed by atoms with van der Waals surface area (Å²) in [6.07, 6.45) is 0. The molecule has 0 aromatic heterocycles. The van der Waals surface area contributed by atoms with Crippen molar-refractivity contribution in [1.29, 1.82) is 0 Å². The lowest BCUT2D eigenvalue weighted by Gasteiger charge is -2.19. The van der Waals surface area contributed by atoms with Gasteiger partial charge in [-0.15, -0.1) is 0 Å². The molecule has 0 spiro atoms. The fraction of sp³-hybridized carbons (Fsp3) is 0. The van der Waals surface area contributed by atoms with E-state index < -0.39 is 20.0 Å². The SMILES string of the molecule is O=S(=O)(c1cc(Cl)ccc1Cl)N1c2cccc3cccc(c23)S1(=O)=O. The molecule has 0 bridgehead atoms. The Bertz CT molecular complexity index is 1250. The zero-order chi connectivity index (χ0) is 18.0. The fourth-order valence-electron chi connectivity index (χ4n) is 2.90. The molecule has 0 radical (unpaired) electrons. The molecule has 0 fully saturated rings. The van der Waals surface area contributed by atoms with Crippen LogP contribution in [0.15, 0.2) is 64.4 Å². The van der Waals surface area contributed by atoms with Crippen LogP contribution in [-0.2, 0) is 20.0 Å². The van der Waals surface area contributed by atoms with Gasteiger partial charge < -0.3 is 0 Å². The van der Waals surface area contributed by atoms with Gasteiger partial charge in [-0.05, 0) is 35.7 Å². The van der Waals surface area contributed by atoms with E-state index in [-0.39, 0.29) is 25.5 Å². The van der Waals surface area contributed by atoms with E-state index in [2.05, 4.69) is 0 Å². The van der Waals surface area contributed by atoms with E-state index >= 15 is 0 Å². The summed E-state index contributed by atoms with van der Waals surface area (Å²) in [6.45, 7) is 0. The average molecular weight is 414 g/mol. The molecule has 1 heterocycles. The normalized spacial score (nSPS) is 15.7. The van der Waals surface area contributed by atoms with Crippen molar-refractivity contribution in [1.82, 2.24) is 0 Å². The molecule has 3 aromatic carbocycles. The van der Waals surface area contributed by atoms with Crippen LogP contribution < -0.4 is 3.71 Å². The van der Waals surface area contributed by atoms with Crippen molar-refractivity contribution in [2.75, 3.05) is 3.71 Å². The molecular weight excluding hydrogens is 405 g/mol. The van der Waals surface area contributed by atoms with Crippen LogP contribution in [-0.4, -0.2) is 16.8 Å². The lowest BCUT2D eigenvalue weighted by Crippen LogP contribution is -2.34. The van der Waals surface area contributed by atoms with Crippen molar-refractivity contribution >= 4 is 59.7 Å². The van der Waals surface area contributed by atoms with Gasteiger partial charge in [-0.2, -0.15) is 20.5 Å². The number of rotatable bonds is 2. The highest BCUT2D eigenvalue weighted by Crippen LogP contribution is 2.45. The van der Waals surface area contributed by atoms with Crippen molar-refractivity contribution in [3.8, 4) is 0 Å². The summed E-state index contributed by atoms with van der Waals surface area (Å²) in [5.41, 5.74) is 0.0733. The lowest BCUT2D eigenvalue weighted by molar-refractivity contribution is 0.586. The van der Waals surface area contributed by atoms with Crippen LogP contribution >= 0.6 is 23.2 Å². The van der Waals surface area contributed by atoms with Crippen molar-refractivity contribution in [3.05, 3.63) is 64.6 Å². The number of hydrogen-bond donors (Lipinski definition) is 0. The molecule has 5 nitrogen and oxygen atoms in total. The summed E-state index contributed by atoms with van der Waals surface area (Å²) in [5, 5.41) is 1.03. The lowest BCUT2D eigenvalue weighted by atomic mass is 10.1. The van der Waals surface area contributed by atoms with Crippen molar-refractivity contribution in [2.45, 2.75) is 9.79 Å². The number of sulfonamides is 2. The van der Waals surface area contributed by atoms with Gasteiger partial charge >= 0.3 is 0 Å². The Labute approximate surface area is 154 Å². The van der Waals surface area contributed by atoms with Gasteiger partial charge in [-0.25, -0.2) is 0 Å². The quantitative estimate of drug-likeness (QED) is 0.635. The monoisotopic (exact) mass is 413 g/mol. The summed E-state index contributed by atoms with van der Waals surface area (Å²) in [6, 6.07) is 13.3. The molecule has 0 aliphatic carbocycles. The van der Waals surface area contributed by atoms with E-state index in [4.69, 9.17) is 23.2 Å². The number of benzene rings is 3. The summed E-state index contributed by atoms with van der Waals surface area (Å²) < 4.78 is 52.6. The Morgan fingerprint density at radius 2 is 1.60 bits per heavy atom. The fourth-order valence-corrected chi connectivity index (χ4v) is 7.56. The maximum absolute atomic E-state index is 13.1. The molecule has 0 amide bonds. The topological polar surface area (TPSA) is 71.5 Å². The first-order valence-corrected chi connectivity index (χ1v) is 10.7. The van der Waals surface area contributed by atoms with Crippen LogP contribution in [0.5, 0.6) is 0 Å². The molecule has 25 heavy (non-hydrogen) atoms. The van der Waals surface area contributed by atoms with Gasteiger partial charge in [0.2, 0.25) is 0 Å². The third-order valence-electron chi connectivity index (χ3n) is 3.93. The summed E-state index contributed by atoms with van der Waals surface area (Å²) in [4.78, 5) is -0.419. The van der Waals surface area contributed by atoms with Crippen LogP contribution in [0, 0.1) is 0 Å². The molecule has 0 atom stereocenters. The number of hydrogen-bond acceptors (Lipinski definition) is 4. The largest absolute Gasteiger partial charge is 0.279 e. The van der Waals surface area contributed by atoms with Crippen LogP contribution in [0.25, 0.3) is 10.8 Å². The minimum Gasteiger partial charge on any atom is -0.200 e. The highest BCUT2D eigenvalue weighted by atomic mass is 35.5. The maximum Gasteiger partial charge on any atom is 0.279 e. The average Bonchev–Trinajstić information content (AvgIpc) is 2.80. The second-order valence-electron chi connectivity index (χ2n) is 5.41. The van der Waals surface area contributed by atoms with Crippen molar-refractivity contribution in [2.24, 2.45) is 0 Å². The third kappa shape index (κ3) is 2.27. The summed E-state index contributed by atoms with van der Waals surface area (Å²) >= 11 is 11.9. The molecule has 1 aliphatic rings. The molecule has 0 N–H and O–H groups in total. The molecule has 9 heteroatoms. The third-order valence-corrected chi connectivity index (χ3v) is 8.84. The molecular formula is C16H9Cl2NO4S2. The first-order chi connectivity index (χ1) is 11.7. The number of anilines is 1. The second kappa shape index (κ2) is 5.35. The van der Waals surface area contributed by atoms with E-state index in [0.29, 0.717) is 14.5 Å². The Hall–Kier alpha value is -1.80. The van der Waals surface area contributed by atoms with Crippen LogP contribution in [0.1, 0.15) is 0 Å². The molecule has 0 saturated heterocycles. The van der Waals surface area contributed by atoms with Gasteiger partial charge in [0.05, 0.1) is 15.6 Å². The zero-order valence-corrected chi connectivity index (χ0v) is 15.5. The summed E-state index contributed by atoms with van der Waals surface area (Å²) in [5.74, 6) is 0. The van der Waals surface area contributed by atoms with Crippen LogP contribution in [0.4, 0.5) is 5.69 Å². The highest BCUT2D eigenvalue weighted by Gasteiger charge is 2.44. The van der Waals surface area contributed by atoms with E-state index in [9.17, 15) is 16.8 Å². The molecule has 0 unspecified atom stereocenters. The predicted octanol–water partition coefficient (Wildman–Crippen LogP) is 4.04. The first kappa shape index (κ1) is 16.7. The predicted molar refractivity (Wildman–Crippen MR) is 97.3 cm³/mol. The van der Waals surface area contributed by atoms with Crippen LogP contribution in [0.2, 0.25) is 10.0 Å². The second-order valence-corrected chi connectivity index (χ2v) is 10.00. The molecule has 1 aliphatic heterocycles. The Morgan fingerprint density at radius 1 is 0.920 bits per heavy atom. The smallest absolute Gasteiger partial charge is 0.200 e. The first-order valence-electron chi connectivity index (χ1n) is 7.02. The van der Waals surface area contributed by atoms with Crippen molar-refractivity contribution < 1.29 is 16.8 Å². The van der Waals surface area contributed by atoms with E-state index in [0.717, 1.165) is 6.07 Å². The maximum atomic E-state index is 13.1. The van der Waals surface area contributed by atoms with Gasteiger partial charge in [0.15, 0.2) is 0 Å². The molecule has 3 aromatic rings. The Balaban J connectivity index is 2.08. The van der Waals surface area contributed by atoms with Gasteiger partial charge in [-0.1, -0.05) is 47.5 Å². The highest BCUT2D eigenvalue weighted by molar-refractivity contribution is 8.10.